The molecule has 73 valence electrons. The van der Waals surface area contributed by atoms with Crippen molar-refractivity contribution in [3.8, 4) is 0 Å². The van der Waals surface area contributed by atoms with E-state index in [1.807, 2.05) is 19.1 Å². The number of hydrogen-bond acceptors (Lipinski definition) is 0. The van der Waals surface area contributed by atoms with E-state index in [-0.39, 0.29) is 0 Å². The van der Waals surface area contributed by atoms with Crippen molar-refractivity contribution in [3.05, 3.63) is 77.9 Å². The van der Waals surface area contributed by atoms with Crippen LogP contribution in [0.3, 0.4) is 0 Å². The summed E-state index contributed by atoms with van der Waals surface area (Å²) in [5, 5.41) is 0. The fourth-order valence-corrected chi connectivity index (χ4v) is 1.66. The first kappa shape index (κ1) is 9.72. The molecule has 2 aromatic carbocycles. The van der Waals surface area contributed by atoms with Gasteiger partial charge >= 0.3 is 0 Å². The summed E-state index contributed by atoms with van der Waals surface area (Å²) in [7, 11) is 0. The van der Waals surface area contributed by atoms with Gasteiger partial charge in [0.25, 0.3) is 0 Å². The molecule has 0 saturated carbocycles. The molecule has 0 aliphatic rings. The quantitative estimate of drug-likeness (QED) is 0.677. The second kappa shape index (κ2) is 4.61. The van der Waals surface area contributed by atoms with Crippen molar-refractivity contribution in [1.29, 1.82) is 0 Å². The molecule has 0 atom stereocenters. The first-order valence-corrected chi connectivity index (χ1v) is 5.07. The van der Waals surface area contributed by atoms with Gasteiger partial charge in [0.1, 0.15) is 0 Å². The van der Waals surface area contributed by atoms with Gasteiger partial charge in [-0.15, -0.1) is 0 Å². The summed E-state index contributed by atoms with van der Waals surface area (Å²) in [5.74, 6) is 0. The highest BCUT2D eigenvalue weighted by Gasteiger charge is 2.01. The van der Waals surface area contributed by atoms with E-state index in [0.29, 0.717) is 0 Å². The summed E-state index contributed by atoms with van der Waals surface area (Å²) in [6.45, 7) is 1.95. The Bertz CT molecular complexity index is 396. The van der Waals surface area contributed by atoms with Gasteiger partial charge in [0.15, 0.2) is 0 Å². The standard InChI is InChI=1S/C15H13/c1-2-15(13-9-5-3-6-10-13)14-11-7-4-8-12-14/h3-12H,1H3. The molecule has 15 heavy (non-hydrogen) atoms. The highest BCUT2D eigenvalue weighted by molar-refractivity contribution is 5.77. The van der Waals surface area contributed by atoms with Crippen LogP contribution >= 0.6 is 0 Å². The van der Waals surface area contributed by atoms with Crippen molar-refractivity contribution in [2.24, 2.45) is 0 Å². The lowest BCUT2D eigenvalue weighted by Gasteiger charge is -2.06. The molecular formula is C15H13. The molecule has 0 aliphatic carbocycles. The van der Waals surface area contributed by atoms with Gasteiger partial charge in [-0.2, -0.15) is 0 Å². The van der Waals surface area contributed by atoms with Gasteiger partial charge in [0.2, 0.25) is 0 Å². The summed E-state index contributed by atoms with van der Waals surface area (Å²) in [6.07, 6.45) is 3.25. The zero-order valence-corrected chi connectivity index (χ0v) is 8.77. The molecule has 0 spiro atoms. The number of benzene rings is 2. The number of rotatable bonds is 2. The van der Waals surface area contributed by atoms with Crippen LogP contribution < -0.4 is 0 Å². The maximum Gasteiger partial charge on any atom is -0.00793 e. The van der Waals surface area contributed by atoms with Gasteiger partial charge < -0.3 is 0 Å². The highest BCUT2D eigenvalue weighted by atomic mass is 14.1. The molecule has 0 aromatic heterocycles. The van der Waals surface area contributed by atoms with Crippen LogP contribution in [-0.2, 0) is 0 Å². The van der Waals surface area contributed by atoms with Crippen LogP contribution in [0.2, 0.25) is 0 Å². The second-order valence-electron chi connectivity index (χ2n) is 3.36. The molecule has 0 saturated heterocycles. The van der Waals surface area contributed by atoms with Crippen molar-refractivity contribution in [3.63, 3.8) is 0 Å². The lowest BCUT2D eigenvalue weighted by molar-refractivity contribution is 1.50. The molecule has 0 heterocycles. The largest absolute Gasteiger partial charge is 0.0622 e. The van der Waals surface area contributed by atoms with Gasteiger partial charge in [-0.1, -0.05) is 60.7 Å². The van der Waals surface area contributed by atoms with E-state index in [1.54, 1.807) is 0 Å². The van der Waals surface area contributed by atoms with E-state index in [2.05, 4.69) is 54.6 Å². The van der Waals surface area contributed by atoms with Crippen LogP contribution in [0, 0.1) is 6.08 Å². The molecule has 0 bridgehead atoms. The average Bonchev–Trinajstić information content (AvgIpc) is 2.33. The Labute approximate surface area is 90.9 Å². The Hall–Kier alpha value is -1.82. The normalized spacial score (nSPS) is 9.67. The van der Waals surface area contributed by atoms with E-state index in [9.17, 15) is 0 Å². The third-order valence-corrected chi connectivity index (χ3v) is 2.37. The second-order valence-corrected chi connectivity index (χ2v) is 3.36. The molecule has 0 amide bonds. The van der Waals surface area contributed by atoms with Gasteiger partial charge in [-0.05, 0) is 29.7 Å². The first-order valence-electron chi connectivity index (χ1n) is 5.07. The van der Waals surface area contributed by atoms with E-state index < -0.39 is 0 Å². The van der Waals surface area contributed by atoms with Gasteiger partial charge in [-0.3, -0.25) is 0 Å². The molecule has 0 nitrogen and oxygen atoms in total. The van der Waals surface area contributed by atoms with Crippen molar-refractivity contribution in [2.75, 3.05) is 0 Å². The van der Waals surface area contributed by atoms with Crippen molar-refractivity contribution in [2.45, 2.75) is 6.92 Å². The fraction of sp³-hybridized carbons (Fsp3) is 0.0667. The number of hydrogen-bond donors (Lipinski definition) is 0. The van der Waals surface area contributed by atoms with E-state index >= 15 is 0 Å². The first-order chi connectivity index (χ1) is 7.42. The lowest BCUT2D eigenvalue weighted by atomic mass is 9.98. The fourth-order valence-electron chi connectivity index (χ4n) is 1.66. The van der Waals surface area contributed by atoms with Gasteiger partial charge in [0, 0.05) is 0 Å². The maximum absolute atomic E-state index is 3.25. The summed E-state index contributed by atoms with van der Waals surface area (Å²) >= 11 is 0. The zero-order valence-electron chi connectivity index (χ0n) is 8.77. The minimum atomic E-state index is 1.16. The smallest absolute Gasteiger partial charge is 0.00793 e. The molecule has 0 fully saturated rings. The summed E-state index contributed by atoms with van der Waals surface area (Å²) < 4.78 is 0. The predicted octanol–water partition coefficient (Wildman–Crippen LogP) is 3.94. The SMILES string of the molecule is C[C]=C(c1ccccc1)c1ccccc1. The molecule has 0 unspecified atom stereocenters. The Morgan fingerprint density at radius 2 is 1.13 bits per heavy atom. The van der Waals surface area contributed by atoms with Crippen LogP contribution in [0.15, 0.2) is 60.7 Å². The summed E-state index contributed by atoms with van der Waals surface area (Å²) in [5.41, 5.74) is 3.59. The van der Waals surface area contributed by atoms with Crippen LogP contribution in [0.1, 0.15) is 18.1 Å². The third kappa shape index (κ3) is 2.16. The summed E-state index contributed by atoms with van der Waals surface area (Å²) in [6, 6.07) is 20.7. The van der Waals surface area contributed by atoms with Crippen molar-refractivity contribution >= 4 is 5.57 Å². The van der Waals surface area contributed by atoms with Crippen LogP contribution in [0.5, 0.6) is 0 Å². The van der Waals surface area contributed by atoms with Crippen molar-refractivity contribution < 1.29 is 0 Å². The van der Waals surface area contributed by atoms with Gasteiger partial charge in [0.05, 0.1) is 0 Å². The van der Waals surface area contributed by atoms with Crippen molar-refractivity contribution in [1.82, 2.24) is 0 Å². The minimum absolute atomic E-state index is 1.16. The molecule has 0 heteroatoms. The lowest BCUT2D eigenvalue weighted by Crippen LogP contribution is -1.86. The minimum Gasteiger partial charge on any atom is -0.0622 e. The Kier molecular flexibility index (Phi) is 2.99. The van der Waals surface area contributed by atoms with E-state index in [1.165, 1.54) is 11.1 Å². The summed E-state index contributed by atoms with van der Waals surface area (Å²) in [4.78, 5) is 0. The van der Waals surface area contributed by atoms with Crippen LogP contribution in [0.25, 0.3) is 5.57 Å². The third-order valence-electron chi connectivity index (χ3n) is 2.37. The molecule has 0 N–H and O–H groups in total. The van der Waals surface area contributed by atoms with E-state index in [0.717, 1.165) is 5.57 Å². The molecule has 2 aromatic rings. The molecule has 0 aliphatic heterocycles. The molecule has 2 rings (SSSR count). The van der Waals surface area contributed by atoms with Gasteiger partial charge in [-0.25, -0.2) is 0 Å². The monoisotopic (exact) mass is 193 g/mol. The topological polar surface area (TPSA) is 0 Å². The molecule has 1 radical (unpaired) electrons. The number of allylic oxidation sites excluding steroid dienone is 1. The Morgan fingerprint density at radius 1 is 0.733 bits per heavy atom. The van der Waals surface area contributed by atoms with Crippen LogP contribution in [-0.4, -0.2) is 0 Å². The predicted molar refractivity (Wildman–Crippen MR) is 64.3 cm³/mol. The van der Waals surface area contributed by atoms with E-state index in [4.69, 9.17) is 0 Å². The molecular weight excluding hydrogens is 180 g/mol. The average molecular weight is 193 g/mol. The highest BCUT2D eigenvalue weighted by Crippen LogP contribution is 2.21. The Morgan fingerprint density at radius 3 is 1.47 bits per heavy atom. The van der Waals surface area contributed by atoms with Crippen LogP contribution in [0.4, 0.5) is 0 Å². The Balaban J connectivity index is 2.44. The maximum atomic E-state index is 3.25. The zero-order chi connectivity index (χ0) is 10.5.